The minimum absolute atomic E-state index is 0.651. The van der Waals surface area contributed by atoms with Crippen molar-refractivity contribution < 1.29 is 0 Å². The van der Waals surface area contributed by atoms with E-state index >= 15 is 0 Å². The summed E-state index contributed by atoms with van der Waals surface area (Å²) in [5.41, 5.74) is 2.30. The van der Waals surface area contributed by atoms with Gasteiger partial charge in [0.1, 0.15) is 0 Å². The lowest BCUT2D eigenvalue weighted by atomic mass is 10.1. The molecule has 0 bridgehead atoms. The summed E-state index contributed by atoms with van der Waals surface area (Å²) < 4.78 is 0. The Balaban J connectivity index is 1.94. The van der Waals surface area contributed by atoms with Crippen LogP contribution in [-0.2, 0) is 6.54 Å². The van der Waals surface area contributed by atoms with Gasteiger partial charge in [-0.25, -0.2) is 0 Å². The van der Waals surface area contributed by atoms with Crippen LogP contribution in [0.2, 0.25) is 0 Å². The standard InChI is InChI=1S/C13H21N3/c1-3-12-9-16(8-7-14-12)10-13-6-4-5-11(2)15-13/h4-6,12,14H,3,7-10H2,1-2H3. The maximum Gasteiger partial charge on any atom is 0.0547 e. The van der Waals surface area contributed by atoms with Crippen LogP contribution in [0.3, 0.4) is 0 Å². The highest BCUT2D eigenvalue weighted by Crippen LogP contribution is 2.07. The van der Waals surface area contributed by atoms with E-state index in [2.05, 4.69) is 47.2 Å². The highest BCUT2D eigenvalue weighted by Gasteiger charge is 2.17. The van der Waals surface area contributed by atoms with E-state index in [0.29, 0.717) is 6.04 Å². The second-order valence-electron chi connectivity index (χ2n) is 4.56. The molecular formula is C13H21N3. The van der Waals surface area contributed by atoms with Gasteiger partial charge in [0.15, 0.2) is 0 Å². The Labute approximate surface area is 97.9 Å². The summed E-state index contributed by atoms with van der Waals surface area (Å²) in [5, 5.41) is 3.53. The van der Waals surface area contributed by atoms with Gasteiger partial charge in [-0.05, 0) is 25.5 Å². The van der Waals surface area contributed by atoms with Crippen molar-refractivity contribution in [2.45, 2.75) is 32.9 Å². The van der Waals surface area contributed by atoms with Crippen LogP contribution in [-0.4, -0.2) is 35.6 Å². The molecule has 1 aromatic heterocycles. The lowest BCUT2D eigenvalue weighted by molar-refractivity contribution is 0.188. The zero-order valence-electron chi connectivity index (χ0n) is 10.2. The number of rotatable bonds is 3. The predicted molar refractivity (Wildman–Crippen MR) is 66.3 cm³/mol. The molecular weight excluding hydrogens is 198 g/mol. The number of pyridine rings is 1. The van der Waals surface area contributed by atoms with Crippen LogP contribution in [0.25, 0.3) is 0 Å². The Morgan fingerprint density at radius 3 is 3.12 bits per heavy atom. The van der Waals surface area contributed by atoms with E-state index in [1.807, 2.05) is 0 Å². The highest BCUT2D eigenvalue weighted by molar-refractivity contribution is 5.09. The molecule has 2 rings (SSSR count). The summed E-state index contributed by atoms with van der Waals surface area (Å²) in [6.07, 6.45) is 1.21. The molecule has 1 aliphatic rings. The van der Waals surface area contributed by atoms with Crippen LogP contribution in [0.1, 0.15) is 24.7 Å². The number of piperazine rings is 1. The number of nitrogens with zero attached hydrogens (tertiary/aromatic N) is 2. The Bertz CT molecular complexity index is 338. The maximum absolute atomic E-state index is 4.56. The molecule has 1 saturated heterocycles. The Kier molecular flexibility index (Phi) is 3.91. The van der Waals surface area contributed by atoms with Crippen molar-refractivity contribution in [3.8, 4) is 0 Å². The molecule has 1 fully saturated rings. The van der Waals surface area contributed by atoms with Gasteiger partial charge in [0, 0.05) is 37.9 Å². The fourth-order valence-electron chi connectivity index (χ4n) is 2.23. The van der Waals surface area contributed by atoms with Crippen LogP contribution in [0.5, 0.6) is 0 Å². The van der Waals surface area contributed by atoms with E-state index in [0.717, 1.165) is 31.9 Å². The summed E-state index contributed by atoms with van der Waals surface area (Å²) in [5.74, 6) is 0. The van der Waals surface area contributed by atoms with Crippen molar-refractivity contribution in [2.24, 2.45) is 0 Å². The van der Waals surface area contributed by atoms with Gasteiger partial charge in [-0.15, -0.1) is 0 Å². The van der Waals surface area contributed by atoms with E-state index in [1.165, 1.54) is 12.1 Å². The van der Waals surface area contributed by atoms with Gasteiger partial charge in [-0.3, -0.25) is 9.88 Å². The van der Waals surface area contributed by atoms with Gasteiger partial charge in [-0.1, -0.05) is 13.0 Å². The van der Waals surface area contributed by atoms with Crippen molar-refractivity contribution in [1.29, 1.82) is 0 Å². The Morgan fingerprint density at radius 2 is 2.38 bits per heavy atom. The molecule has 1 N–H and O–H groups in total. The molecule has 0 aromatic carbocycles. The van der Waals surface area contributed by atoms with E-state index in [4.69, 9.17) is 0 Å². The molecule has 1 aliphatic heterocycles. The van der Waals surface area contributed by atoms with Crippen molar-refractivity contribution in [3.63, 3.8) is 0 Å². The average molecular weight is 219 g/mol. The topological polar surface area (TPSA) is 28.2 Å². The summed E-state index contributed by atoms with van der Waals surface area (Å²) in [7, 11) is 0. The smallest absolute Gasteiger partial charge is 0.0547 e. The third-order valence-corrected chi connectivity index (χ3v) is 3.16. The monoisotopic (exact) mass is 219 g/mol. The SMILES string of the molecule is CCC1CN(Cc2cccc(C)n2)CCN1. The molecule has 1 unspecified atom stereocenters. The van der Waals surface area contributed by atoms with E-state index in [-0.39, 0.29) is 0 Å². The van der Waals surface area contributed by atoms with Gasteiger partial charge >= 0.3 is 0 Å². The second kappa shape index (κ2) is 5.41. The van der Waals surface area contributed by atoms with Crippen LogP contribution in [0.15, 0.2) is 18.2 Å². The number of nitrogens with one attached hydrogen (secondary N) is 1. The van der Waals surface area contributed by atoms with Crippen molar-refractivity contribution in [3.05, 3.63) is 29.6 Å². The Morgan fingerprint density at radius 1 is 1.50 bits per heavy atom. The number of hydrogen-bond donors (Lipinski definition) is 1. The second-order valence-corrected chi connectivity index (χ2v) is 4.56. The molecule has 0 amide bonds. The molecule has 1 atom stereocenters. The fourth-order valence-corrected chi connectivity index (χ4v) is 2.23. The summed E-state index contributed by atoms with van der Waals surface area (Å²) in [6, 6.07) is 6.92. The summed E-state index contributed by atoms with van der Waals surface area (Å²) >= 11 is 0. The third-order valence-electron chi connectivity index (χ3n) is 3.16. The van der Waals surface area contributed by atoms with Crippen LogP contribution in [0.4, 0.5) is 0 Å². The average Bonchev–Trinajstić information content (AvgIpc) is 2.29. The zero-order chi connectivity index (χ0) is 11.4. The number of hydrogen-bond acceptors (Lipinski definition) is 3. The molecule has 0 radical (unpaired) electrons. The quantitative estimate of drug-likeness (QED) is 0.836. The first-order chi connectivity index (χ1) is 7.78. The predicted octanol–water partition coefficient (Wildman–Crippen LogP) is 1.57. The first-order valence-corrected chi connectivity index (χ1v) is 6.16. The molecule has 1 aromatic rings. The first kappa shape index (κ1) is 11.6. The van der Waals surface area contributed by atoms with Crippen molar-refractivity contribution in [2.75, 3.05) is 19.6 Å². The summed E-state index contributed by atoms with van der Waals surface area (Å²) in [6.45, 7) is 8.66. The molecule has 3 heteroatoms. The maximum atomic E-state index is 4.56. The van der Waals surface area contributed by atoms with Crippen molar-refractivity contribution in [1.82, 2.24) is 15.2 Å². The number of aryl methyl sites for hydroxylation is 1. The molecule has 16 heavy (non-hydrogen) atoms. The van der Waals surface area contributed by atoms with E-state index in [9.17, 15) is 0 Å². The van der Waals surface area contributed by atoms with E-state index in [1.54, 1.807) is 0 Å². The highest BCUT2D eigenvalue weighted by atomic mass is 15.2. The van der Waals surface area contributed by atoms with Gasteiger partial charge in [0.05, 0.1) is 5.69 Å². The molecule has 0 aliphatic carbocycles. The normalized spacial score (nSPS) is 22.2. The van der Waals surface area contributed by atoms with E-state index < -0.39 is 0 Å². The van der Waals surface area contributed by atoms with Gasteiger partial charge in [0.2, 0.25) is 0 Å². The first-order valence-electron chi connectivity index (χ1n) is 6.16. The molecule has 0 spiro atoms. The third kappa shape index (κ3) is 3.03. The molecule has 88 valence electrons. The van der Waals surface area contributed by atoms with Gasteiger partial charge in [0.25, 0.3) is 0 Å². The molecule has 0 saturated carbocycles. The van der Waals surface area contributed by atoms with Crippen LogP contribution in [0, 0.1) is 6.92 Å². The van der Waals surface area contributed by atoms with Gasteiger partial charge in [-0.2, -0.15) is 0 Å². The Hall–Kier alpha value is -0.930. The van der Waals surface area contributed by atoms with Crippen molar-refractivity contribution >= 4 is 0 Å². The lowest BCUT2D eigenvalue weighted by Gasteiger charge is -2.32. The van der Waals surface area contributed by atoms with Gasteiger partial charge < -0.3 is 5.32 Å². The number of aromatic nitrogens is 1. The fraction of sp³-hybridized carbons (Fsp3) is 0.615. The summed E-state index contributed by atoms with van der Waals surface area (Å²) in [4.78, 5) is 7.05. The molecule has 2 heterocycles. The lowest BCUT2D eigenvalue weighted by Crippen LogP contribution is -2.49. The molecule has 3 nitrogen and oxygen atoms in total. The van der Waals surface area contributed by atoms with Crippen LogP contribution >= 0.6 is 0 Å². The minimum Gasteiger partial charge on any atom is -0.311 e. The van der Waals surface area contributed by atoms with Crippen LogP contribution < -0.4 is 5.32 Å². The minimum atomic E-state index is 0.651. The largest absolute Gasteiger partial charge is 0.311 e. The zero-order valence-corrected chi connectivity index (χ0v) is 10.2.